The van der Waals surface area contributed by atoms with Crippen LogP contribution in [0.1, 0.15) is 67.4 Å². The average Bonchev–Trinajstić information content (AvgIpc) is 3.36. The number of aliphatic hydroxyl groups excluding tert-OH is 5. The minimum atomic E-state index is -1.55. The first kappa shape index (κ1) is 66.6. The number of aliphatic carboxylic acids is 2. The highest BCUT2D eigenvalue weighted by atomic mass is 16.5. The number of unbranched alkanes of at least 4 members (excludes halogenated alkanes) is 1. The van der Waals surface area contributed by atoms with Gasteiger partial charge >= 0.3 is 5.97 Å². The summed E-state index contributed by atoms with van der Waals surface area (Å²) < 4.78 is 5.18. The van der Waals surface area contributed by atoms with Gasteiger partial charge < -0.3 is 93.9 Å². The fourth-order valence-electron chi connectivity index (χ4n) is 5.55. The summed E-state index contributed by atoms with van der Waals surface area (Å²) in [5.41, 5.74) is 24.7. The van der Waals surface area contributed by atoms with Gasteiger partial charge in [-0.1, -0.05) is 74.5 Å². The SMILES string of the molecule is CCN(CC)CCOC(=O)c1ccc(N)cc1.CNCC(O)C(O)C(O)C(O)CO.[CH2+]C(CCCCN)C(=O)[O-].[CH2+]C(CCCN=C(N)N)C(=O)[O-].c1ccc(CNCCNCc2ccccc2)cc1. The monoisotopic (exact) mass is 986 g/mol. The molecule has 0 fully saturated rings. The van der Waals surface area contributed by atoms with E-state index in [9.17, 15) is 29.7 Å². The molecule has 0 aromatic heterocycles. The van der Waals surface area contributed by atoms with Gasteiger partial charge in [0.05, 0.1) is 44.1 Å². The van der Waals surface area contributed by atoms with Crippen molar-refractivity contribution in [2.24, 2.45) is 34.0 Å². The lowest BCUT2D eigenvalue weighted by molar-refractivity contribution is -0.311. The molecule has 16 N–H and O–H groups in total. The van der Waals surface area contributed by atoms with Crippen molar-refractivity contribution in [3.05, 3.63) is 115 Å². The van der Waals surface area contributed by atoms with Crippen LogP contribution >= 0.6 is 0 Å². The van der Waals surface area contributed by atoms with Crippen LogP contribution < -0.4 is 49.1 Å². The number of nitrogens with two attached hydrogens (primary N) is 4. The summed E-state index contributed by atoms with van der Waals surface area (Å²) >= 11 is 0. The van der Waals surface area contributed by atoms with Gasteiger partial charge in [-0.2, -0.15) is 0 Å². The van der Waals surface area contributed by atoms with Crippen LogP contribution in [0.15, 0.2) is 89.9 Å². The van der Waals surface area contributed by atoms with Crippen LogP contribution in [0.25, 0.3) is 0 Å². The topological polar surface area (TPSA) is 363 Å². The Morgan fingerprint density at radius 2 is 1.21 bits per heavy atom. The Hall–Kier alpha value is -5.52. The third kappa shape index (κ3) is 36.5. The number of carboxylic acids is 2. The van der Waals surface area contributed by atoms with E-state index in [4.69, 9.17) is 48.1 Å². The van der Waals surface area contributed by atoms with Crippen LogP contribution in [-0.2, 0) is 27.4 Å². The van der Waals surface area contributed by atoms with Gasteiger partial charge in [0.2, 0.25) is 0 Å². The fraction of sp³-hybridized carbons (Fsp3) is 0.520. The van der Waals surface area contributed by atoms with Crippen LogP contribution in [-0.4, -0.2) is 151 Å². The third-order valence-electron chi connectivity index (χ3n) is 9.92. The molecule has 0 saturated heterocycles. The van der Waals surface area contributed by atoms with Crippen LogP contribution in [0.4, 0.5) is 5.69 Å². The van der Waals surface area contributed by atoms with Crippen molar-refractivity contribution in [3.8, 4) is 0 Å². The zero-order chi connectivity index (χ0) is 53.1. The van der Waals surface area contributed by atoms with E-state index in [-0.39, 0.29) is 18.5 Å². The van der Waals surface area contributed by atoms with E-state index in [2.05, 4.69) is 102 Å². The van der Waals surface area contributed by atoms with Crippen molar-refractivity contribution in [2.75, 3.05) is 78.4 Å². The lowest BCUT2D eigenvalue weighted by Crippen LogP contribution is -2.48. The third-order valence-corrected chi connectivity index (χ3v) is 9.92. The van der Waals surface area contributed by atoms with Crippen molar-refractivity contribution in [1.29, 1.82) is 0 Å². The van der Waals surface area contributed by atoms with Gasteiger partial charge in [0, 0.05) is 51.5 Å². The second-order valence-electron chi connectivity index (χ2n) is 15.7. The van der Waals surface area contributed by atoms with E-state index in [1.807, 2.05) is 12.1 Å². The number of anilines is 1. The normalized spacial score (nSPS) is 13.0. The number of esters is 1. The molecule has 6 unspecified atom stereocenters. The predicted molar refractivity (Wildman–Crippen MR) is 271 cm³/mol. The molecule has 20 heteroatoms. The quantitative estimate of drug-likeness (QED) is 0.00943. The largest absolute Gasteiger partial charge is 0.545 e. The number of aliphatic hydroxyl groups is 5. The van der Waals surface area contributed by atoms with Crippen molar-refractivity contribution < 1.29 is 54.9 Å². The molecular formula is C50H83N9O11. The summed E-state index contributed by atoms with van der Waals surface area (Å²) in [5.74, 6) is -3.75. The van der Waals surface area contributed by atoms with E-state index < -0.39 is 54.8 Å². The first-order valence-corrected chi connectivity index (χ1v) is 23.4. The summed E-state index contributed by atoms with van der Waals surface area (Å²) in [6, 6.07) is 27.7. The van der Waals surface area contributed by atoms with Crippen LogP contribution in [0, 0.1) is 25.7 Å². The first-order valence-electron chi connectivity index (χ1n) is 23.4. The lowest BCUT2D eigenvalue weighted by atomic mass is 10.0. The van der Waals surface area contributed by atoms with Crippen molar-refractivity contribution in [2.45, 2.75) is 83.5 Å². The molecule has 0 aliphatic rings. The van der Waals surface area contributed by atoms with E-state index in [0.717, 1.165) is 58.7 Å². The Kier molecular flexibility index (Phi) is 41.4. The van der Waals surface area contributed by atoms with Gasteiger partial charge in [0.1, 0.15) is 36.8 Å². The molecule has 3 aromatic carbocycles. The van der Waals surface area contributed by atoms with Crippen LogP contribution in [0.2, 0.25) is 0 Å². The molecule has 0 aliphatic carbocycles. The Labute approximate surface area is 415 Å². The van der Waals surface area contributed by atoms with E-state index >= 15 is 0 Å². The molecule has 6 atom stereocenters. The zero-order valence-corrected chi connectivity index (χ0v) is 41.4. The lowest BCUT2D eigenvalue weighted by Gasteiger charge is -2.25. The Morgan fingerprint density at radius 1 is 0.743 bits per heavy atom. The second-order valence-corrected chi connectivity index (χ2v) is 15.7. The summed E-state index contributed by atoms with van der Waals surface area (Å²) in [5, 5.41) is 74.6. The minimum Gasteiger partial charge on any atom is -0.545 e. The number of carboxylic acid groups (broad SMARTS) is 2. The maximum Gasteiger partial charge on any atom is 0.338 e. The molecular weight excluding hydrogens is 903 g/mol. The molecule has 0 heterocycles. The highest BCUT2D eigenvalue weighted by Gasteiger charge is 2.29. The molecule has 394 valence electrons. The molecule has 3 rings (SSSR count). The number of hydrogen-bond donors (Lipinski definition) is 12. The molecule has 0 aliphatic heterocycles. The molecule has 0 bridgehead atoms. The van der Waals surface area contributed by atoms with Crippen LogP contribution in [0.5, 0.6) is 0 Å². The highest BCUT2D eigenvalue weighted by Crippen LogP contribution is 2.08. The number of carbonyl (C=O) groups excluding carboxylic acids is 3. The fourth-order valence-corrected chi connectivity index (χ4v) is 5.55. The number of rotatable bonds is 29. The molecule has 0 amide bonds. The number of benzene rings is 3. The molecule has 20 nitrogen and oxygen atoms in total. The molecule has 3 aromatic rings. The molecule has 70 heavy (non-hydrogen) atoms. The van der Waals surface area contributed by atoms with Gasteiger partial charge in [-0.15, -0.1) is 0 Å². The number of aliphatic imine (C=N–C) groups is 1. The van der Waals surface area contributed by atoms with Gasteiger partial charge in [-0.05, 0) is 94.2 Å². The number of hydrogen-bond acceptors (Lipinski definition) is 18. The summed E-state index contributed by atoms with van der Waals surface area (Å²) in [4.78, 5) is 37.8. The van der Waals surface area contributed by atoms with Gasteiger partial charge in [0.15, 0.2) is 5.96 Å². The number of nitrogen functional groups attached to an aromatic ring is 1. The Balaban J connectivity index is 0. The Morgan fingerprint density at radius 3 is 1.63 bits per heavy atom. The number of ether oxygens (including phenoxy) is 1. The molecule has 0 saturated carbocycles. The molecule has 0 radical (unpaired) electrons. The minimum absolute atomic E-state index is 0.0177. The van der Waals surface area contributed by atoms with Gasteiger partial charge in [-0.3, -0.25) is 4.99 Å². The average molecular weight is 986 g/mol. The summed E-state index contributed by atoms with van der Waals surface area (Å²) in [7, 11) is 1.57. The number of carbonyl (C=O) groups is 3. The van der Waals surface area contributed by atoms with E-state index in [1.165, 1.54) is 11.1 Å². The maximum absolute atomic E-state index is 11.6. The second kappa shape index (κ2) is 43.5. The van der Waals surface area contributed by atoms with Crippen molar-refractivity contribution in [1.82, 2.24) is 20.9 Å². The number of nitrogens with zero attached hydrogens (tertiary/aromatic N) is 2. The van der Waals surface area contributed by atoms with Crippen molar-refractivity contribution in [3.63, 3.8) is 0 Å². The Bertz CT molecular complexity index is 1700. The van der Waals surface area contributed by atoms with Crippen molar-refractivity contribution >= 4 is 29.6 Å². The number of nitrogens with one attached hydrogen (secondary N) is 3. The van der Waals surface area contributed by atoms with E-state index in [1.54, 1.807) is 31.3 Å². The number of guanidine groups is 1. The number of likely N-dealkylation sites (N-methyl/N-ethyl adjacent to an activating group) is 2. The highest BCUT2D eigenvalue weighted by molar-refractivity contribution is 5.89. The smallest absolute Gasteiger partial charge is 0.338 e. The van der Waals surface area contributed by atoms with Gasteiger partial charge in [-0.25, -0.2) is 4.79 Å². The zero-order valence-electron chi connectivity index (χ0n) is 41.4. The summed E-state index contributed by atoms with van der Waals surface area (Å²) in [6.45, 7) is 18.4. The maximum atomic E-state index is 11.6. The first-order chi connectivity index (χ1) is 33.4. The standard InChI is InChI=1S/C16H20N2.C13H20N2O2.C7H13N3O2.C7H17NO5.C7H13NO2/c1-3-7-15(8-4-1)13-17-11-12-18-14-16-9-5-2-6-10-16;1-3-15(4-2)9-10-17-13(16)11-5-7-12(14)8-6-11;1-5(6(11)12)3-2-4-10-7(8)9;1-8-2-4(10)6(12)7(13)5(11)3-9;1-6(7(9)10)4-2-3-5-8/h1-10,17-18H,11-14H2;5-8H,3-4,9-10,14H2,1-2H3;5H,1-4H2,(H4-,8,9,10,11,12);4-13H,2-3H2,1H3;6H,1-5,8H2. The summed E-state index contributed by atoms with van der Waals surface area (Å²) in [6.07, 6.45) is -2.37. The molecule has 0 spiro atoms. The van der Waals surface area contributed by atoms with E-state index in [0.29, 0.717) is 50.2 Å². The van der Waals surface area contributed by atoms with Gasteiger partial charge in [0.25, 0.3) is 0 Å². The van der Waals surface area contributed by atoms with Crippen LogP contribution in [0.3, 0.4) is 0 Å². The predicted octanol–water partition coefficient (Wildman–Crippen LogP) is -1.47.